The minimum atomic E-state index is 0.582. The van der Waals surface area contributed by atoms with Gasteiger partial charge in [0, 0.05) is 14.3 Å². The minimum absolute atomic E-state index is 0.582. The number of benzene rings is 2. The predicted octanol–water partition coefficient (Wildman–Crippen LogP) is 6.55. The summed E-state index contributed by atoms with van der Waals surface area (Å²) < 4.78 is 7.69. The molecule has 0 radical (unpaired) electrons. The number of hydrogen-bond donors (Lipinski definition) is 0. The van der Waals surface area contributed by atoms with Gasteiger partial charge in [-0.25, -0.2) is 0 Å². The van der Waals surface area contributed by atoms with Gasteiger partial charge in [0.1, 0.15) is 11.5 Å². The van der Waals surface area contributed by atoms with E-state index >= 15 is 0 Å². The summed E-state index contributed by atoms with van der Waals surface area (Å²) in [7, 11) is 0. The van der Waals surface area contributed by atoms with E-state index in [9.17, 15) is 0 Å². The first-order chi connectivity index (χ1) is 8.60. The first-order valence-corrected chi connectivity index (χ1v) is 8.16. The summed E-state index contributed by atoms with van der Waals surface area (Å²) in [5.74, 6) is 1.37. The third kappa shape index (κ3) is 3.50. The Labute approximate surface area is 136 Å². The van der Waals surface area contributed by atoms with Crippen molar-refractivity contribution in [3.05, 3.63) is 55.9 Å². The molecule has 0 aliphatic heterocycles. The Morgan fingerprint density at radius 3 is 2.50 bits per heavy atom. The maximum absolute atomic E-state index is 6.08. The summed E-state index contributed by atoms with van der Waals surface area (Å²) >= 11 is 16.4. The minimum Gasteiger partial charge on any atom is -0.456 e. The van der Waals surface area contributed by atoms with Crippen molar-refractivity contribution in [2.45, 2.75) is 5.33 Å². The van der Waals surface area contributed by atoms with Gasteiger partial charge >= 0.3 is 0 Å². The van der Waals surface area contributed by atoms with Gasteiger partial charge in [0.15, 0.2) is 0 Å². The smallest absolute Gasteiger partial charge is 0.147 e. The summed E-state index contributed by atoms with van der Waals surface area (Å²) in [5, 5.41) is 1.38. The molecule has 0 N–H and O–H groups in total. The molecule has 0 saturated heterocycles. The quantitative estimate of drug-likeness (QED) is 0.477. The lowest BCUT2D eigenvalue weighted by Crippen LogP contribution is -1.87. The third-order valence-corrected chi connectivity index (χ3v) is 4.44. The van der Waals surface area contributed by atoms with Gasteiger partial charge in [-0.2, -0.15) is 0 Å². The van der Waals surface area contributed by atoms with Crippen molar-refractivity contribution < 1.29 is 4.74 Å². The van der Waals surface area contributed by atoms with E-state index in [0.717, 1.165) is 20.0 Å². The van der Waals surface area contributed by atoms with Crippen LogP contribution in [0.3, 0.4) is 0 Å². The number of alkyl halides is 1. The molecular weight excluding hydrogens is 447 g/mol. The molecule has 0 spiro atoms. The first-order valence-electron chi connectivity index (χ1n) is 5.07. The van der Waals surface area contributed by atoms with Crippen molar-refractivity contribution in [1.29, 1.82) is 0 Å². The van der Waals surface area contributed by atoms with Crippen molar-refractivity contribution >= 4 is 59.4 Å². The monoisotopic (exact) mass is 452 g/mol. The number of ether oxygens (including phenoxy) is 1. The van der Waals surface area contributed by atoms with Gasteiger partial charge in [0.25, 0.3) is 0 Å². The SMILES string of the molecule is Clc1ccc(Br)cc1Oc1ccc(CBr)c(Br)c1. The predicted molar refractivity (Wildman–Crippen MR) is 86.0 cm³/mol. The van der Waals surface area contributed by atoms with Gasteiger partial charge in [-0.15, -0.1) is 0 Å². The Hall–Kier alpha value is -0.0300. The summed E-state index contributed by atoms with van der Waals surface area (Å²) in [6.07, 6.45) is 0. The molecule has 0 saturated carbocycles. The van der Waals surface area contributed by atoms with Crippen molar-refractivity contribution in [1.82, 2.24) is 0 Å². The van der Waals surface area contributed by atoms with Crippen molar-refractivity contribution in [3.8, 4) is 11.5 Å². The van der Waals surface area contributed by atoms with Crippen molar-refractivity contribution in [2.24, 2.45) is 0 Å². The molecule has 94 valence electrons. The fourth-order valence-electron chi connectivity index (χ4n) is 1.38. The highest BCUT2D eigenvalue weighted by atomic mass is 79.9. The maximum atomic E-state index is 6.08. The van der Waals surface area contributed by atoms with Crippen LogP contribution in [0.25, 0.3) is 0 Å². The second kappa shape index (κ2) is 6.42. The lowest BCUT2D eigenvalue weighted by atomic mass is 10.2. The van der Waals surface area contributed by atoms with E-state index in [4.69, 9.17) is 16.3 Å². The molecule has 0 aliphatic rings. The summed E-state index contributed by atoms with van der Waals surface area (Å²) in [6, 6.07) is 11.4. The second-order valence-corrected chi connectivity index (χ2v) is 6.30. The average Bonchev–Trinajstić information content (AvgIpc) is 2.34. The number of halogens is 4. The Morgan fingerprint density at radius 1 is 1.06 bits per heavy atom. The molecule has 0 atom stereocenters. The zero-order valence-corrected chi connectivity index (χ0v) is 14.6. The van der Waals surface area contributed by atoms with E-state index in [1.165, 1.54) is 5.56 Å². The highest BCUT2D eigenvalue weighted by Gasteiger charge is 2.06. The molecule has 0 aliphatic carbocycles. The molecule has 0 bridgehead atoms. The average molecular weight is 455 g/mol. The van der Waals surface area contributed by atoms with Gasteiger partial charge in [-0.05, 0) is 35.9 Å². The largest absolute Gasteiger partial charge is 0.456 e. The van der Waals surface area contributed by atoms with Gasteiger partial charge in [-0.3, -0.25) is 0 Å². The van der Waals surface area contributed by atoms with Gasteiger partial charge in [0.2, 0.25) is 0 Å². The molecule has 0 aromatic heterocycles. The zero-order chi connectivity index (χ0) is 13.1. The fraction of sp³-hybridized carbons (Fsp3) is 0.0769. The Balaban J connectivity index is 2.28. The Kier molecular flexibility index (Phi) is 5.13. The Morgan fingerprint density at radius 2 is 1.83 bits per heavy atom. The van der Waals surface area contributed by atoms with Crippen LogP contribution < -0.4 is 4.74 Å². The lowest BCUT2D eigenvalue weighted by Gasteiger charge is -2.09. The normalized spacial score (nSPS) is 10.4. The summed E-state index contributed by atoms with van der Waals surface area (Å²) in [5.41, 5.74) is 1.17. The molecule has 0 amide bonds. The van der Waals surface area contributed by atoms with Gasteiger partial charge < -0.3 is 4.74 Å². The number of rotatable bonds is 3. The van der Waals surface area contributed by atoms with Gasteiger partial charge in [0.05, 0.1) is 5.02 Å². The topological polar surface area (TPSA) is 9.23 Å². The molecule has 1 nitrogen and oxygen atoms in total. The molecule has 18 heavy (non-hydrogen) atoms. The van der Waals surface area contributed by atoms with Crippen LogP contribution in [-0.2, 0) is 5.33 Å². The zero-order valence-electron chi connectivity index (χ0n) is 9.09. The molecule has 2 rings (SSSR count). The van der Waals surface area contributed by atoms with Crippen LogP contribution in [0.1, 0.15) is 5.56 Å². The van der Waals surface area contributed by atoms with Gasteiger partial charge in [-0.1, -0.05) is 65.5 Å². The van der Waals surface area contributed by atoms with E-state index in [0.29, 0.717) is 10.8 Å². The number of hydrogen-bond acceptors (Lipinski definition) is 1. The van der Waals surface area contributed by atoms with Crippen LogP contribution in [0.2, 0.25) is 5.02 Å². The van der Waals surface area contributed by atoms with Crippen LogP contribution in [0.4, 0.5) is 0 Å². The molecule has 0 fully saturated rings. The van der Waals surface area contributed by atoms with Crippen LogP contribution in [0.5, 0.6) is 11.5 Å². The molecular formula is C13H8Br3ClO. The van der Waals surface area contributed by atoms with Crippen molar-refractivity contribution in [2.75, 3.05) is 0 Å². The molecule has 5 heteroatoms. The molecule has 2 aromatic carbocycles. The fourth-order valence-corrected chi connectivity index (χ4v) is 3.24. The third-order valence-electron chi connectivity index (χ3n) is 2.29. The Bertz CT molecular complexity index is 572. The van der Waals surface area contributed by atoms with Crippen LogP contribution >= 0.6 is 59.4 Å². The van der Waals surface area contributed by atoms with Crippen LogP contribution in [-0.4, -0.2) is 0 Å². The van der Waals surface area contributed by atoms with Crippen LogP contribution in [0.15, 0.2) is 45.3 Å². The molecule has 0 heterocycles. The highest BCUT2D eigenvalue weighted by molar-refractivity contribution is 9.11. The second-order valence-electron chi connectivity index (χ2n) is 3.56. The molecule has 2 aromatic rings. The lowest BCUT2D eigenvalue weighted by molar-refractivity contribution is 0.482. The highest BCUT2D eigenvalue weighted by Crippen LogP contribution is 2.33. The molecule has 0 unspecified atom stereocenters. The van der Waals surface area contributed by atoms with Crippen LogP contribution in [0, 0.1) is 0 Å². The van der Waals surface area contributed by atoms with E-state index in [1.54, 1.807) is 6.07 Å². The summed E-state index contributed by atoms with van der Waals surface area (Å²) in [6.45, 7) is 0. The van der Waals surface area contributed by atoms with Crippen molar-refractivity contribution in [3.63, 3.8) is 0 Å². The van der Waals surface area contributed by atoms with E-state index in [-0.39, 0.29) is 0 Å². The van der Waals surface area contributed by atoms with E-state index in [1.807, 2.05) is 30.3 Å². The maximum Gasteiger partial charge on any atom is 0.147 e. The van der Waals surface area contributed by atoms with E-state index in [2.05, 4.69) is 47.8 Å². The standard InChI is InChI=1S/C13H8Br3ClO/c14-7-8-1-3-10(6-11(8)16)18-13-5-9(15)2-4-12(13)17/h1-6H,7H2. The van der Waals surface area contributed by atoms with E-state index < -0.39 is 0 Å². The summed E-state index contributed by atoms with van der Waals surface area (Å²) in [4.78, 5) is 0. The first kappa shape index (κ1) is 14.4.